The van der Waals surface area contributed by atoms with E-state index in [2.05, 4.69) is 11.5 Å². The van der Waals surface area contributed by atoms with Gasteiger partial charge in [-0.25, -0.2) is 0 Å². The summed E-state index contributed by atoms with van der Waals surface area (Å²) in [5, 5.41) is 0. The molecule has 0 aliphatic rings. The molecule has 0 aromatic carbocycles. The monoisotopic (exact) mass is 165 g/mol. The predicted molar refractivity (Wildman–Crippen MR) is 50.3 cm³/mol. The summed E-state index contributed by atoms with van der Waals surface area (Å²) < 4.78 is 2.07. The van der Waals surface area contributed by atoms with Gasteiger partial charge in [0.05, 0.1) is 0 Å². The van der Waals surface area contributed by atoms with Crippen LogP contribution in [-0.4, -0.2) is 4.57 Å². The molecule has 0 saturated carbocycles. The molecule has 0 amide bonds. The van der Waals surface area contributed by atoms with Crippen LogP contribution in [0.15, 0.2) is 23.3 Å². The van der Waals surface area contributed by atoms with E-state index < -0.39 is 0 Å². The van der Waals surface area contributed by atoms with Gasteiger partial charge in [-0.1, -0.05) is 13.3 Å². The lowest BCUT2D eigenvalue weighted by molar-refractivity contribution is 0.626. The summed E-state index contributed by atoms with van der Waals surface area (Å²) in [5.74, 6) is 0. The van der Waals surface area contributed by atoms with E-state index in [0.29, 0.717) is 0 Å². The molecule has 12 heavy (non-hydrogen) atoms. The van der Waals surface area contributed by atoms with Gasteiger partial charge in [-0.2, -0.15) is 0 Å². The first-order valence-electron chi connectivity index (χ1n) is 4.40. The van der Waals surface area contributed by atoms with Gasteiger partial charge in [-0.05, 0) is 13.3 Å². The topological polar surface area (TPSA) is 22.0 Å². The first kappa shape index (κ1) is 9.04. The molecule has 1 aromatic rings. The second kappa shape index (κ2) is 4.10. The Morgan fingerprint density at radius 1 is 1.50 bits per heavy atom. The van der Waals surface area contributed by atoms with Crippen molar-refractivity contribution in [3.8, 4) is 0 Å². The van der Waals surface area contributed by atoms with Gasteiger partial charge in [0.25, 0.3) is 0 Å². The lowest BCUT2D eigenvalue weighted by Crippen LogP contribution is -2.08. The number of hydrogen-bond donors (Lipinski definition) is 0. The molecule has 0 radical (unpaired) electrons. The molecule has 1 heterocycles. The molecule has 1 aromatic heterocycles. The zero-order valence-corrected chi connectivity index (χ0v) is 7.71. The second-order valence-corrected chi connectivity index (χ2v) is 3.08. The molecular formula is C10H15NO. The van der Waals surface area contributed by atoms with E-state index in [-0.39, 0.29) is 5.43 Å². The fraction of sp³-hybridized carbons (Fsp3) is 0.500. The van der Waals surface area contributed by atoms with E-state index in [0.717, 1.165) is 12.1 Å². The number of nitrogens with zero attached hydrogens (tertiary/aromatic N) is 1. The Kier molecular flexibility index (Phi) is 3.09. The molecule has 0 aliphatic carbocycles. The summed E-state index contributed by atoms with van der Waals surface area (Å²) in [6.07, 6.45) is 6.12. The van der Waals surface area contributed by atoms with Crippen LogP contribution in [-0.2, 0) is 6.54 Å². The fourth-order valence-corrected chi connectivity index (χ4v) is 1.13. The van der Waals surface area contributed by atoms with Gasteiger partial charge in [0, 0.05) is 30.6 Å². The van der Waals surface area contributed by atoms with E-state index >= 15 is 0 Å². The molecule has 0 atom stereocenters. The maximum absolute atomic E-state index is 11.0. The Hall–Kier alpha value is -1.05. The van der Waals surface area contributed by atoms with Crippen molar-refractivity contribution in [1.29, 1.82) is 0 Å². The lowest BCUT2D eigenvalue weighted by atomic mass is 10.3. The minimum atomic E-state index is 0.128. The van der Waals surface area contributed by atoms with Gasteiger partial charge in [-0.15, -0.1) is 0 Å². The molecule has 0 fully saturated rings. The van der Waals surface area contributed by atoms with Crippen molar-refractivity contribution < 1.29 is 0 Å². The molecule has 0 saturated heterocycles. The first-order valence-corrected chi connectivity index (χ1v) is 4.40. The van der Waals surface area contributed by atoms with E-state index in [4.69, 9.17) is 0 Å². The molecular weight excluding hydrogens is 150 g/mol. The van der Waals surface area contributed by atoms with E-state index in [1.54, 1.807) is 6.07 Å². The van der Waals surface area contributed by atoms with Crippen LogP contribution in [0.25, 0.3) is 0 Å². The zero-order valence-electron chi connectivity index (χ0n) is 7.71. The standard InChI is InChI=1S/C10H15NO/c1-3-4-6-11-7-5-10(12)9(2)8-11/h5,7-8H,3-4,6H2,1-2H3. The van der Waals surface area contributed by atoms with Crippen LogP contribution in [0.2, 0.25) is 0 Å². The Labute approximate surface area is 72.8 Å². The van der Waals surface area contributed by atoms with Crippen molar-refractivity contribution >= 4 is 0 Å². The molecule has 0 unspecified atom stereocenters. The smallest absolute Gasteiger partial charge is 0.184 e. The third-order valence-corrected chi connectivity index (χ3v) is 1.94. The van der Waals surface area contributed by atoms with Gasteiger partial charge in [-0.3, -0.25) is 4.79 Å². The maximum Gasteiger partial charge on any atom is 0.184 e. The van der Waals surface area contributed by atoms with Crippen molar-refractivity contribution in [2.24, 2.45) is 0 Å². The van der Waals surface area contributed by atoms with E-state index in [1.165, 1.54) is 12.8 Å². The van der Waals surface area contributed by atoms with Crippen LogP contribution in [0.5, 0.6) is 0 Å². The van der Waals surface area contributed by atoms with Gasteiger partial charge in [0.15, 0.2) is 5.43 Å². The van der Waals surface area contributed by atoms with Crippen LogP contribution < -0.4 is 5.43 Å². The number of pyridine rings is 1. The SMILES string of the molecule is CCCCn1ccc(=O)c(C)c1. The predicted octanol–water partition coefficient (Wildman–Crippen LogP) is 1.96. The summed E-state index contributed by atoms with van der Waals surface area (Å²) >= 11 is 0. The fourth-order valence-electron chi connectivity index (χ4n) is 1.13. The van der Waals surface area contributed by atoms with Crippen molar-refractivity contribution in [1.82, 2.24) is 4.57 Å². The summed E-state index contributed by atoms with van der Waals surface area (Å²) in [6.45, 7) is 5.03. The van der Waals surface area contributed by atoms with Crippen molar-refractivity contribution in [2.75, 3.05) is 0 Å². The number of unbranched alkanes of at least 4 members (excludes halogenated alkanes) is 1. The molecule has 0 N–H and O–H groups in total. The second-order valence-electron chi connectivity index (χ2n) is 3.08. The van der Waals surface area contributed by atoms with E-state index in [9.17, 15) is 4.79 Å². The highest BCUT2D eigenvalue weighted by molar-refractivity contribution is 5.07. The largest absolute Gasteiger partial charge is 0.354 e. The maximum atomic E-state index is 11.0. The van der Waals surface area contributed by atoms with Crippen LogP contribution in [0.1, 0.15) is 25.3 Å². The lowest BCUT2D eigenvalue weighted by Gasteiger charge is -2.04. The van der Waals surface area contributed by atoms with Gasteiger partial charge >= 0.3 is 0 Å². The van der Waals surface area contributed by atoms with Gasteiger partial charge < -0.3 is 4.57 Å². The number of aromatic nitrogens is 1. The Morgan fingerprint density at radius 2 is 2.25 bits per heavy atom. The quantitative estimate of drug-likeness (QED) is 0.671. The molecule has 2 heteroatoms. The average Bonchev–Trinajstić information content (AvgIpc) is 2.07. The van der Waals surface area contributed by atoms with Crippen LogP contribution in [0, 0.1) is 6.92 Å². The molecule has 1 rings (SSSR count). The molecule has 66 valence electrons. The highest BCUT2D eigenvalue weighted by atomic mass is 16.1. The molecule has 0 aliphatic heterocycles. The van der Waals surface area contributed by atoms with Crippen LogP contribution in [0.4, 0.5) is 0 Å². The Balaban J connectivity index is 2.75. The van der Waals surface area contributed by atoms with Crippen LogP contribution >= 0.6 is 0 Å². The summed E-state index contributed by atoms with van der Waals surface area (Å²) in [7, 11) is 0. The molecule has 0 spiro atoms. The highest BCUT2D eigenvalue weighted by Gasteiger charge is 1.92. The average molecular weight is 165 g/mol. The molecule has 0 bridgehead atoms. The summed E-state index contributed by atoms with van der Waals surface area (Å²) in [4.78, 5) is 11.0. The third-order valence-electron chi connectivity index (χ3n) is 1.94. The van der Waals surface area contributed by atoms with Crippen molar-refractivity contribution in [3.63, 3.8) is 0 Å². The Bertz CT molecular complexity index is 301. The van der Waals surface area contributed by atoms with Crippen molar-refractivity contribution in [3.05, 3.63) is 34.2 Å². The minimum Gasteiger partial charge on any atom is -0.354 e. The van der Waals surface area contributed by atoms with E-state index in [1.807, 2.05) is 19.3 Å². The van der Waals surface area contributed by atoms with Crippen molar-refractivity contribution in [2.45, 2.75) is 33.2 Å². The molecule has 2 nitrogen and oxygen atoms in total. The minimum absolute atomic E-state index is 0.128. The van der Waals surface area contributed by atoms with Crippen LogP contribution in [0.3, 0.4) is 0 Å². The zero-order chi connectivity index (χ0) is 8.97. The summed E-state index contributed by atoms with van der Waals surface area (Å²) in [6, 6.07) is 1.63. The van der Waals surface area contributed by atoms with Gasteiger partial charge in [0.1, 0.15) is 0 Å². The highest BCUT2D eigenvalue weighted by Crippen LogP contribution is 1.95. The van der Waals surface area contributed by atoms with Gasteiger partial charge in [0.2, 0.25) is 0 Å². The first-order chi connectivity index (χ1) is 5.74. The third kappa shape index (κ3) is 2.22. The number of rotatable bonds is 3. The number of aryl methyl sites for hydroxylation is 2. The summed E-state index contributed by atoms with van der Waals surface area (Å²) in [5.41, 5.74) is 0.955. The number of hydrogen-bond acceptors (Lipinski definition) is 1. The normalized spacial score (nSPS) is 10.2. The Morgan fingerprint density at radius 3 is 2.83 bits per heavy atom.